The molecule has 0 aliphatic carbocycles. The van der Waals surface area contributed by atoms with Gasteiger partial charge in [-0.05, 0) is 18.9 Å². The van der Waals surface area contributed by atoms with Crippen molar-refractivity contribution in [2.75, 3.05) is 0 Å². The van der Waals surface area contributed by atoms with E-state index in [0.717, 1.165) is 6.42 Å². The lowest BCUT2D eigenvalue weighted by molar-refractivity contribution is -0.115. The molecular formula is C28H54O. The predicted molar refractivity (Wildman–Crippen MR) is 132 cm³/mol. The number of carbonyl (C=O) groups excluding carboxylic acids is 1. The number of hydrogen-bond acceptors (Lipinski definition) is 1. The van der Waals surface area contributed by atoms with Crippen LogP contribution in [-0.4, -0.2) is 5.78 Å². The minimum Gasteiger partial charge on any atom is -0.295 e. The highest BCUT2D eigenvalue weighted by Crippen LogP contribution is 2.15. The molecule has 0 aromatic rings. The molecule has 0 heterocycles. The third-order valence-corrected chi connectivity index (χ3v) is 6.23. The molecule has 0 aromatic heterocycles. The van der Waals surface area contributed by atoms with Gasteiger partial charge in [0.05, 0.1) is 0 Å². The Hall–Kier alpha value is -0.590. The number of ketones is 1. The van der Waals surface area contributed by atoms with Crippen LogP contribution in [0, 0.1) is 0 Å². The van der Waals surface area contributed by atoms with E-state index in [2.05, 4.69) is 13.5 Å². The summed E-state index contributed by atoms with van der Waals surface area (Å²) in [6.45, 7) is 7.83. The number of unbranched alkanes of at least 4 members (excludes halogenated alkanes) is 21. The quantitative estimate of drug-likeness (QED) is 0.115. The van der Waals surface area contributed by atoms with Crippen molar-refractivity contribution < 1.29 is 4.79 Å². The molecule has 0 radical (unpaired) electrons. The number of rotatable bonds is 24. The van der Waals surface area contributed by atoms with Crippen LogP contribution in [-0.2, 0) is 4.79 Å². The lowest BCUT2D eigenvalue weighted by Gasteiger charge is -2.04. The topological polar surface area (TPSA) is 17.1 Å². The molecule has 0 rings (SSSR count). The van der Waals surface area contributed by atoms with E-state index in [0.29, 0.717) is 12.0 Å². The molecule has 0 aliphatic heterocycles. The van der Waals surface area contributed by atoms with Gasteiger partial charge in [0, 0.05) is 6.42 Å². The molecule has 0 saturated carbocycles. The van der Waals surface area contributed by atoms with Gasteiger partial charge < -0.3 is 0 Å². The van der Waals surface area contributed by atoms with E-state index in [1.165, 1.54) is 135 Å². The van der Waals surface area contributed by atoms with Crippen LogP contribution in [0.3, 0.4) is 0 Å². The van der Waals surface area contributed by atoms with Crippen molar-refractivity contribution in [2.45, 2.75) is 162 Å². The van der Waals surface area contributed by atoms with Gasteiger partial charge in [-0.3, -0.25) is 4.79 Å². The van der Waals surface area contributed by atoms with E-state index in [9.17, 15) is 4.79 Å². The van der Waals surface area contributed by atoms with Crippen LogP contribution >= 0.6 is 0 Å². The van der Waals surface area contributed by atoms with Gasteiger partial charge >= 0.3 is 0 Å². The minimum atomic E-state index is 0.248. The van der Waals surface area contributed by atoms with Crippen LogP contribution < -0.4 is 0 Å². The number of allylic oxidation sites excluding steroid dienone is 1. The third kappa shape index (κ3) is 23.6. The summed E-state index contributed by atoms with van der Waals surface area (Å²) in [6.07, 6.45) is 31.6. The average Bonchev–Trinajstić information content (AvgIpc) is 2.71. The van der Waals surface area contributed by atoms with Crippen molar-refractivity contribution in [1.29, 1.82) is 0 Å². The van der Waals surface area contributed by atoms with Crippen LogP contribution in [0.5, 0.6) is 0 Å². The number of Topliss-reactive ketones (excluding diaryl/α,β-unsaturated/α-hetero) is 1. The molecule has 0 amide bonds. The van der Waals surface area contributed by atoms with Gasteiger partial charge in [0.1, 0.15) is 0 Å². The first-order chi connectivity index (χ1) is 14.2. The van der Waals surface area contributed by atoms with Gasteiger partial charge in [0.25, 0.3) is 0 Å². The maximum atomic E-state index is 11.5. The van der Waals surface area contributed by atoms with E-state index in [4.69, 9.17) is 0 Å². The Bertz CT molecular complexity index is 357. The fourth-order valence-electron chi connectivity index (χ4n) is 4.11. The van der Waals surface area contributed by atoms with E-state index in [-0.39, 0.29) is 5.78 Å². The van der Waals surface area contributed by atoms with Crippen molar-refractivity contribution in [3.63, 3.8) is 0 Å². The van der Waals surface area contributed by atoms with Crippen molar-refractivity contribution in [2.24, 2.45) is 0 Å². The average molecular weight is 407 g/mol. The van der Waals surface area contributed by atoms with E-state index in [1.807, 2.05) is 6.92 Å². The Morgan fingerprint density at radius 2 is 0.724 bits per heavy atom. The van der Waals surface area contributed by atoms with Crippen molar-refractivity contribution >= 4 is 5.78 Å². The molecule has 0 spiro atoms. The highest BCUT2D eigenvalue weighted by Gasteiger charge is 2.01. The molecule has 29 heavy (non-hydrogen) atoms. The molecule has 172 valence electrons. The molecule has 0 fully saturated rings. The molecule has 1 heteroatoms. The highest BCUT2D eigenvalue weighted by molar-refractivity contribution is 5.93. The van der Waals surface area contributed by atoms with Crippen LogP contribution in [0.2, 0.25) is 0 Å². The van der Waals surface area contributed by atoms with Crippen LogP contribution in [0.25, 0.3) is 0 Å². The zero-order valence-corrected chi connectivity index (χ0v) is 20.4. The lowest BCUT2D eigenvalue weighted by Crippen LogP contribution is -1.97. The zero-order valence-electron chi connectivity index (χ0n) is 20.4. The molecule has 0 bridgehead atoms. The molecule has 0 saturated heterocycles. The van der Waals surface area contributed by atoms with Gasteiger partial charge in [-0.1, -0.05) is 148 Å². The van der Waals surface area contributed by atoms with Crippen molar-refractivity contribution in [3.05, 3.63) is 12.2 Å². The second-order valence-corrected chi connectivity index (χ2v) is 9.38. The van der Waals surface area contributed by atoms with Crippen LogP contribution in [0.1, 0.15) is 162 Å². The third-order valence-electron chi connectivity index (χ3n) is 6.23. The maximum Gasteiger partial charge on any atom is 0.157 e. The summed E-state index contributed by atoms with van der Waals surface area (Å²) in [6, 6.07) is 0. The standard InChI is InChI=1S/C28H54O/c1-4-5-6-7-8-9-10-11-12-13-14-15-16-17-18-19-20-21-22-23-24-25-26-28(29)27(2)3/h2,4-26H2,1,3H3. The summed E-state index contributed by atoms with van der Waals surface area (Å²) in [5.74, 6) is 0.248. The zero-order chi connectivity index (χ0) is 21.4. The molecule has 0 unspecified atom stereocenters. The monoisotopic (exact) mass is 406 g/mol. The first-order valence-electron chi connectivity index (χ1n) is 13.4. The van der Waals surface area contributed by atoms with Gasteiger partial charge in [-0.25, -0.2) is 0 Å². The Balaban J connectivity index is 3.05. The van der Waals surface area contributed by atoms with Gasteiger partial charge in [0.15, 0.2) is 5.78 Å². The van der Waals surface area contributed by atoms with Crippen molar-refractivity contribution in [3.8, 4) is 0 Å². The first kappa shape index (κ1) is 28.4. The molecule has 1 nitrogen and oxygen atoms in total. The summed E-state index contributed by atoms with van der Waals surface area (Å²) < 4.78 is 0. The summed E-state index contributed by atoms with van der Waals surface area (Å²) >= 11 is 0. The Labute approximate surface area is 184 Å². The molecule has 0 atom stereocenters. The van der Waals surface area contributed by atoms with Gasteiger partial charge in [-0.15, -0.1) is 0 Å². The Morgan fingerprint density at radius 1 is 0.483 bits per heavy atom. The number of carbonyl (C=O) groups is 1. The summed E-state index contributed by atoms with van der Waals surface area (Å²) in [5.41, 5.74) is 0.716. The molecule has 0 aliphatic rings. The summed E-state index contributed by atoms with van der Waals surface area (Å²) in [7, 11) is 0. The lowest BCUT2D eigenvalue weighted by atomic mass is 10.0. The summed E-state index contributed by atoms with van der Waals surface area (Å²) in [4.78, 5) is 11.5. The van der Waals surface area contributed by atoms with E-state index < -0.39 is 0 Å². The summed E-state index contributed by atoms with van der Waals surface area (Å²) in [5, 5.41) is 0. The molecule has 0 aromatic carbocycles. The highest BCUT2D eigenvalue weighted by atomic mass is 16.1. The predicted octanol–water partition coefficient (Wildman–Crippen LogP) is 10.1. The first-order valence-corrected chi connectivity index (χ1v) is 13.4. The maximum absolute atomic E-state index is 11.5. The minimum absolute atomic E-state index is 0.248. The molecular weight excluding hydrogens is 352 g/mol. The van der Waals surface area contributed by atoms with Gasteiger partial charge in [0.2, 0.25) is 0 Å². The SMILES string of the molecule is C=C(C)C(=O)CCCCCCCCCCCCCCCCCCCCCCCC. The van der Waals surface area contributed by atoms with Crippen LogP contribution in [0.4, 0.5) is 0 Å². The van der Waals surface area contributed by atoms with E-state index >= 15 is 0 Å². The largest absolute Gasteiger partial charge is 0.295 e. The number of hydrogen-bond donors (Lipinski definition) is 0. The van der Waals surface area contributed by atoms with E-state index in [1.54, 1.807) is 0 Å². The Morgan fingerprint density at radius 3 is 0.966 bits per heavy atom. The smallest absolute Gasteiger partial charge is 0.157 e. The fourth-order valence-corrected chi connectivity index (χ4v) is 4.11. The van der Waals surface area contributed by atoms with Crippen LogP contribution in [0.15, 0.2) is 12.2 Å². The second kappa shape index (κ2) is 23.7. The molecule has 0 N–H and O–H groups in total. The second-order valence-electron chi connectivity index (χ2n) is 9.38. The van der Waals surface area contributed by atoms with Gasteiger partial charge in [-0.2, -0.15) is 0 Å². The fraction of sp³-hybridized carbons (Fsp3) is 0.893. The van der Waals surface area contributed by atoms with Crippen molar-refractivity contribution in [1.82, 2.24) is 0 Å². The Kier molecular flexibility index (Phi) is 23.2. The normalized spacial score (nSPS) is 11.1.